The summed E-state index contributed by atoms with van der Waals surface area (Å²) in [6, 6.07) is 3.79. The van der Waals surface area contributed by atoms with Crippen molar-refractivity contribution in [2.24, 2.45) is 0 Å². The molecule has 1 spiro atoms. The van der Waals surface area contributed by atoms with E-state index in [9.17, 15) is 9.59 Å². The molecule has 0 aromatic carbocycles. The topological polar surface area (TPSA) is 97.3 Å². The van der Waals surface area contributed by atoms with Crippen molar-refractivity contribution in [2.75, 3.05) is 26.2 Å². The maximum Gasteiger partial charge on any atom is 0.241 e. The number of amides is 2. The SMILES string of the molecule is CC(=O)NCC(=O)N1CCC2(COCc3cnc(-c4cccnc4)nc32)C1. The minimum absolute atomic E-state index is 0.0177. The second-order valence-corrected chi connectivity index (χ2v) is 7.06. The highest BCUT2D eigenvalue weighted by Crippen LogP contribution is 2.39. The fourth-order valence-corrected chi connectivity index (χ4v) is 3.74. The molecule has 0 bridgehead atoms. The molecule has 1 N–H and O–H groups in total. The van der Waals surface area contributed by atoms with Crippen LogP contribution in [0.3, 0.4) is 0 Å². The van der Waals surface area contributed by atoms with Crippen LogP contribution in [0, 0.1) is 0 Å². The van der Waals surface area contributed by atoms with E-state index in [1.165, 1.54) is 6.92 Å². The Bertz CT molecular complexity index is 873. The maximum atomic E-state index is 12.4. The summed E-state index contributed by atoms with van der Waals surface area (Å²) in [5.41, 5.74) is 2.44. The second kappa shape index (κ2) is 7.03. The largest absolute Gasteiger partial charge is 0.376 e. The van der Waals surface area contributed by atoms with Gasteiger partial charge in [-0.2, -0.15) is 0 Å². The number of pyridine rings is 1. The summed E-state index contributed by atoms with van der Waals surface area (Å²) in [5.74, 6) is 0.333. The third-order valence-electron chi connectivity index (χ3n) is 5.12. The second-order valence-electron chi connectivity index (χ2n) is 7.06. The fourth-order valence-electron chi connectivity index (χ4n) is 3.74. The lowest BCUT2D eigenvalue weighted by Crippen LogP contribution is -2.44. The third-order valence-corrected chi connectivity index (χ3v) is 5.12. The number of rotatable bonds is 3. The van der Waals surface area contributed by atoms with Crippen molar-refractivity contribution in [3.8, 4) is 11.4 Å². The van der Waals surface area contributed by atoms with E-state index in [0.29, 0.717) is 32.1 Å². The minimum atomic E-state index is -0.334. The number of nitrogens with one attached hydrogen (secondary N) is 1. The molecule has 1 saturated heterocycles. The van der Waals surface area contributed by atoms with Crippen LogP contribution in [0.5, 0.6) is 0 Å². The van der Waals surface area contributed by atoms with Crippen LogP contribution in [0.15, 0.2) is 30.7 Å². The van der Waals surface area contributed by atoms with Gasteiger partial charge in [-0.3, -0.25) is 14.6 Å². The first-order valence-corrected chi connectivity index (χ1v) is 8.94. The molecule has 2 aromatic heterocycles. The normalized spacial score (nSPS) is 21.1. The Kier molecular flexibility index (Phi) is 4.57. The van der Waals surface area contributed by atoms with Gasteiger partial charge in [-0.1, -0.05) is 0 Å². The number of fused-ring (bicyclic) bond motifs is 2. The van der Waals surface area contributed by atoms with E-state index in [0.717, 1.165) is 23.2 Å². The summed E-state index contributed by atoms with van der Waals surface area (Å²) in [6.45, 7) is 3.57. The molecule has 4 heterocycles. The molecule has 140 valence electrons. The number of carbonyl (C=O) groups excluding carboxylic acids is 2. The van der Waals surface area contributed by atoms with Crippen molar-refractivity contribution < 1.29 is 14.3 Å². The van der Waals surface area contributed by atoms with Crippen molar-refractivity contribution >= 4 is 11.8 Å². The quantitative estimate of drug-likeness (QED) is 0.857. The first-order valence-electron chi connectivity index (χ1n) is 8.94. The smallest absolute Gasteiger partial charge is 0.241 e. The van der Waals surface area contributed by atoms with Crippen molar-refractivity contribution in [1.29, 1.82) is 0 Å². The zero-order chi connectivity index (χ0) is 18.9. The van der Waals surface area contributed by atoms with E-state index < -0.39 is 0 Å². The molecule has 0 aliphatic carbocycles. The molecule has 2 aromatic rings. The van der Waals surface area contributed by atoms with Crippen LogP contribution in [0.25, 0.3) is 11.4 Å². The molecule has 1 fully saturated rings. The molecule has 0 saturated carbocycles. The summed E-state index contributed by atoms with van der Waals surface area (Å²) in [6.07, 6.45) is 6.04. The Morgan fingerprint density at radius 1 is 1.37 bits per heavy atom. The van der Waals surface area contributed by atoms with Gasteiger partial charge in [0.1, 0.15) is 0 Å². The average Bonchev–Trinajstić information content (AvgIpc) is 3.12. The first kappa shape index (κ1) is 17.5. The molecule has 1 unspecified atom stereocenters. The molecule has 2 amide bonds. The molecule has 27 heavy (non-hydrogen) atoms. The lowest BCUT2D eigenvalue weighted by Gasteiger charge is -2.34. The van der Waals surface area contributed by atoms with E-state index in [1.807, 2.05) is 18.3 Å². The Labute approximate surface area is 157 Å². The van der Waals surface area contributed by atoms with Crippen LogP contribution in [0.4, 0.5) is 0 Å². The Morgan fingerprint density at radius 2 is 2.26 bits per heavy atom. The van der Waals surface area contributed by atoms with Gasteiger partial charge in [0.05, 0.1) is 30.9 Å². The van der Waals surface area contributed by atoms with E-state index in [1.54, 1.807) is 17.3 Å². The van der Waals surface area contributed by atoms with E-state index >= 15 is 0 Å². The molecule has 8 nitrogen and oxygen atoms in total. The van der Waals surface area contributed by atoms with Gasteiger partial charge in [0.15, 0.2) is 5.82 Å². The standard InChI is InChI=1S/C19H21N5O3/c1-13(25)21-9-16(26)24-6-4-19(11-24)12-27-10-15-8-22-18(23-17(15)19)14-3-2-5-20-7-14/h2-3,5,7-8H,4,6,9-12H2,1H3,(H,21,25). The molecular formula is C19H21N5O3. The van der Waals surface area contributed by atoms with Gasteiger partial charge < -0.3 is 15.0 Å². The van der Waals surface area contributed by atoms with Crippen LogP contribution in [-0.4, -0.2) is 57.9 Å². The predicted molar refractivity (Wildman–Crippen MR) is 96.5 cm³/mol. The Hall–Kier alpha value is -2.87. The van der Waals surface area contributed by atoms with Crippen LogP contribution in [-0.2, 0) is 26.3 Å². The van der Waals surface area contributed by atoms with E-state index in [-0.39, 0.29) is 23.8 Å². The Balaban J connectivity index is 1.61. The van der Waals surface area contributed by atoms with Gasteiger partial charge in [-0.15, -0.1) is 0 Å². The third kappa shape index (κ3) is 3.40. The molecule has 2 aliphatic rings. The molecule has 0 radical (unpaired) electrons. The molecule has 1 atom stereocenters. The van der Waals surface area contributed by atoms with Crippen LogP contribution in [0.1, 0.15) is 24.6 Å². The number of hydrogen-bond donors (Lipinski definition) is 1. The lowest BCUT2D eigenvalue weighted by atomic mass is 9.80. The van der Waals surface area contributed by atoms with Crippen molar-refractivity contribution in [3.05, 3.63) is 42.0 Å². The van der Waals surface area contributed by atoms with Crippen molar-refractivity contribution in [2.45, 2.75) is 25.4 Å². The zero-order valence-corrected chi connectivity index (χ0v) is 15.1. The zero-order valence-electron chi connectivity index (χ0n) is 15.1. The van der Waals surface area contributed by atoms with Crippen LogP contribution < -0.4 is 5.32 Å². The lowest BCUT2D eigenvalue weighted by molar-refractivity contribution is -0.131. The average molecular weight is 367 g/mol. The molecule has 4 rings (SSSR count). The minimum Gasteiger partial charge on any atom is -0.376 e. The maximum absolute atomic E-state index is 12.4. The van der Waals surface area contributed by atoms with Gasteiger partial charge in [0, 0.05) is 49.7 Å². The van der Waals surface area contributed by atoms with Crippen molar-refractivity contribution in [3.63, 3.8) is 0 Å². The van der Waals surface area contributed by atoms with Crippen LogP contribution >= 0.6 is 0 Å². The first-order chi connectivity index (χ1) is 13.1. The molecule has 2 aliphatic heterocycles. The van der Waals surface area contributed by atoms with E-state index in [2.05, 4.69) is 15.3 Å². The highest BCUT2D eigenvalue weighted by atomic mass is 16.5. The molecular weight excluding hydrogens is 346 g/mol. The van der Waals surface area contributed by atoms with Gasteiger partial charge in [-0.25, -0.2) is 9.97 Å². The summed E-state index contributed by atoms with van der Waals surface area (Å²) < 4.78 is 5.81. The van der Waals surface area contributed by atoms with Gasteiger partial charge in [-0.05, 0) is 18.6 Å². The molecule has 8 heteroatoms. The number of aromatic nitrogens is 3. The predicted octanol–water partition coefficient (Wildman–Crippen LogP) is 0.675. The van der Waals surface area contributed by atoms with Gasteiger partial charge in [0.2, 0.25) is 11.8 Å². The number of ether oxygens (including phenoxy) is 1. The van der Waals surface area contributed by atoms with Gasteiger partial charge in [0.25, 0.3) is 0 Å². The Morgan fingerprint density at radius 3 is 3.04 bits per heavy atom. The number of nitrogens with zero attached hydrogens (tertiary/aromatic N) is 4. The summed E-state index contributed by atoms with van der Waals surface area (Å²) in [4.78, 5) is 38.7. The fraction of sp³-hybridized carbons (Fsp3) is 0.421. The van der Waals surface area contributed by atoms with Crippen molar-refractivity contribution in [1.82, 2.24) is 25.2 Å². The summed E-state index contributed by atoms with van der Waals surface area (Å²) in [7, 11) is 0. The number of likely N-dealkylation sites (tertiary alicyclic amines) is 1. The van der Waals surface area contributed by atoms with E-state index in [4.69, 9.17) is 9.72 Å². The number of hydrogen-bond acceptors (Lipinski definition) is 6. The monoisotopic (exact) mass is 367 g/mol. The number of carbonyl (C=O) groups is 2. The van der Waals surface area contributed by atoms with Gasteiger partial charge >= 0.3 is 0 Å². The summed E-state index contributed by atoms with van der Waals surface area (Å²) in [5, 5.41) is 2.57. The van der Waals surface area contributed by atoms with Crippen LogP contribution in [0.2, 0.25) is 0 Å². The summed E-state index contributed by atoms with van der Waals surface area (Å²) >= 11 is 0. The highest BCUT2D eigenvalue weighted by Gasteiger charge is 2.46. The highest BCUT2D eigenvalue weighted by molar-refractivity contribution is 5.84.